The Hall–Kier alpha value is -0.300. The van der Waals surface area contributed by atoms with Gasteiger partial charge >= 0.3 is 0 Å². The van der Waals surface area contributed by atoms with Crippen molar-refractivity contribution in [3.63, 3.8) is 0 Å². The van der Waals surface area contributed by atoms with Crippen LogP contribution in [-0.2, 0) is 0 Å². The van der Waals surface area contributed by atoms with Gasteiger partial charge in [0.15, 0.2) is 0 Å². The van der Waals surface area contributed by atoms with Crippen molar-refractivity contribution in [2.75, 3.05) is 0 Å². The Labute approximate surface area is 63.8 Å². The lowest BCUT2D eigenvalue weighted by atomic mass is 10.0. The molecule has 60 valence electrons. The average Bonchev–Trinajstić information content (AvgIpc) is 1.78. The van der Waals surface area contributed by atoms with Crippen molar-refractivity contribution < 1.29 is 5.11 Å². The molecule has 0 heterocycles. The summed E-state index contributed by atoms with van der Waals surface area (Å²) in [6.45, 7) is 5.79. The third kappa shape index (κ3) is 7.70. The average molecular weight is 142 g/mol. The second-order valence-corrected chi connectivity index (χ2v) is 3.23. The van der Waals surface area contributed by atoms with Gasteiger partial charge in [-0.1, -0.05) is 19.1 Å². The van der Waals surface area contributed by atoms with E-state index in [0.29, 0.717) is 0 Å². The quantitative estimate of drug-likeness (QED) is 0.598. The first kappa shape index (κ1) is 9.70. The highest BCUT2D eigenvalue weighted by molar-refractivity contribution is 4.82. The van der Waals surface area contributed by atoms with Crippen molar-refractivity contribution in [3.05, 3.63) is 12.2 Å². The van der Waals surface area contributed by atoms with Crippen LogP contribution in [0.15, 0.2) is 12.2 Å². The number of hydrogen-bond acceptors (Lipinski definition) is 1. The molecule has 0 bridgehead atoms. The predicted octanol–water partition coefficient (Wildman–Crippen LogP) is 2.50. The molecule has 0 aliphatic heterocycles. The van der Waals surface area contributed by atoms with Gasteiger partial charge in [0.25, 0.3) is 0 Å². The molecule has 1 nitrogen and oxygen atoms in total. The van der Waals surface area contributed by atoms with Gasteiger partial charge in [0.1, 0.15) is 0 Å². The standard InChI is InChI=1S/C9H18O/c1-4-5-6-7-8-9(2,3)10/h5-6,10H,4,7-8H2,1-3H3/b6-5-. The second-order valence-electron chi connectivity index (χ2n) is 3.23. The Morgan fingerprint density at radius 2 is 1.90 bits per heavy atom. The first-order chi connectivity index (χ1) is 4.56. The number of hydrogen-bond donors (Lipinski definition) is 1. The van der Waals surface area contributed by atoms with Gasteiger partial charge in [-0.2, -0.15) is 0 Å². The lowest BCUT2D eigenvalue weighted by molar-refractivity contribution is 0.0721. The SMILES string of the molecule is CC/C=C\CCC(C)(C)O. The van der Waals surface area contributed by atoms with Crippen molar-refractivity contribution in [1.82, 2.24) is 0 Å². The molecular formula is C9H18O. The van der Waals surface area contributed by atoms with E-state index in [1.54, 1.807) is 0 Å². The van der Waals surface area contributed by atoms with Crippen LogP contribution in [0, 0.1) is 0 Å². The summed E-state index contributed by atoms with van der Waals surface area (Å²) in [4.78, 5) is 0. The molecule has 0 aromatic rings. The van der Waals surface area contributed by atoms with Crippen LogP contribution in [-0.4, -0.2) is 10.7 Å². The third-order valence-corrected chi connectivity index (χ3v) is 1.33. The van der Waals surface area contributed by atoms with Gasteiger partial charge in [-0.15, -0.1) is 0 Å². The molecule has 0 aromatic heterocycles. The van der Waals surface area contributed by atoms with Crippen LogP contribution in [0.3, 0.4) is 0 Å². The van der Waals surface area contributed by atoms with E-state index in [1.807, 2.05) is 13.8 Å². The van der Waals surface area contributed by atoms with Gasteiger partial charge in [-0.25, -0.2) is 0 Å². The highest BCUT2D eigenvalue weighted by atomic mass is 16.3. The lowest BCUT2D eigenvalue weighted by Crippen LogP contribution is -2.17. The molecule has 10 heavy (non-hydrogen) atoms. The molecule has 0 fully saturated rings. The molecule has 0 amide bonds. The Morgan fingerprint density at radius 1 is 1.30 bits per heavy atom. The van der Waals surface area contributed by atoms with E-state index in [0.717, 1.165) is 19.3 Å². The molecule has 0 aliphatic rings. The Bertz CT molecular complexity index is 97.8. The third-order valence-electron chi connectivity index (χ3n) is 1.33. The predicted molar refractivity (Wildman–Crippen MR) is 45.0 cm³/mol. The van der Waals surface area contributed by atoms with E-state index < -0.39 is 5.60 Å². The second kappa shape index (κ2) is 4.51. The summed E-state index contributed by atoms with van der Waals surface area (Å²) < 4.78 is 0. The van der Waals surface area contributed by atoms with E-state index in [-0.39, 0.29) is 0 Å². The minimum Gasteiger partial charge on any atom is -0.390 e. The topological polar surface area (TPSA) is 20.2 Å². The lowest BCUT2D eigenvalue weighted by Gasteiger charge is -2.14. The van der Waals surface area contributed by atoms with E-state index in [4.69, 9.17) is 0 Å². The molecule has 0 aromatic carbocycles. The van der Waals surface area contributed by atoms with Crippen molar-refractivity contribution in [3.8, 4) is 0 Å². The fourth-order valence-electron chi connectivity index (χ4n) is 0.721. The Kier molecular flexibility index (Phi) is 4.37. The van der Waals surface area contributed by atoms with Gasteiger partial charge in [0.2, 0.25) is 0 Å². The van der Waals surface area contributed by atoms with Crippen LogP contribution in [0.1, 0.15) is 40.0 Å². The first-order valence-corrected chi connectivity index (χ1v) is 3.93. The van der Waals surface area contributed by atoms with Crippen LogP contribution in [0.25, 0.3) is 0 Å². The summed E-state index contributed by atoms with van der Waals surface area (Å²) in [5.41, 5.74) is -0.502. The zero-order chi connectivity index (χ0) is 8.04. The number of aliphatic hydroxyl groups is 1. The molecule has 0 unspecified atom stereocenters. The zero-order valence-corrected chi connectivity index (χ0v) is 7.22. The highest BCUT2D eigenvalue weighted by Crippen LogP contribution is 2.10. The molecule has 1 N–H and O–H groups in total. The van der Waals surface area contributed by atoms with Crippen LogP contribution in [0.4, 0.5) is 0 Å². The highest BCUT2D eigenvalue weighted by Gasteiger charge is 2.09. The first-order valence-electron chi connectivity index (χ1n) is 3.93. The van der Waals surface area contributed by atoms with Gasteiger partial charge in [-0.05, 0) is 33.1 Å². The van der Waals surface area contributed by atoms with Crippen molar-refractivity contribution in [2.45, 2.75) is 45.6 Å². The molecule has 0 saturated carbocycles. The minimum atomic E-state index is -0.502. The zero-order valence-electron chi connectivity index (χ0n) is 7.22. The fraction of sp³-hybridized carbons (Fsp3) is 0.778. The Morgan fingerprint density at radius 3 is 2.30 bits per heavy atom. The van der Waals surface area contributed by atoms with Crippen LogP contribution in [0.2, 0.25) is 0 Å². The van der Waals surface area contributed by atoms with Gasteiger partial charge in [0, 0.05) is 0 Å². The molecule has 0 atom stereocenters. The van der Waals surface area contributed by atoms with Crippen LogP contribution < -0.4 is 0 Å². The normalized spacial score (nSPS) is 12.8. The fourth-order valence-corrected chi connectivity index (χ4v) is 0.721. The van der Waals surface area contributed by atoms with Crippen molar-refractivity contribution in [2.24, 2.45) is 0 Å². The Balaban J connectivity index is 3.28. The summed E-state index contributed by atoms with van der Waals surface area (Å²) in [5, 5.41) is 9.28. The van der Waals surface area contributed by atoms with E-state index in [2.05, 4.69) is 19.1 Å². The molecular weight excluding hydrogens is 124 g/mol. The summed E-state index contributed by atoms with van der Waals surface area (Å²) in [5.74, 6) is 0. The number of allylic oxidation sites excluding steroid dienone is 2. The maximum Gasteiger partial charge on any atom is 0.0594 e. The van der Waals surface area contributed by atoms with E-state index >= 15 is 0 Å². The van der Waals surface area contributed by atoms with E-state index in [1.165, 1.54) is 0 Å². The molecule has 1 heteroatoms. The van der Waals surface area contributed by atoms with Crippen LogP contribution >= 0.6 is 0 Å². The smallest absolute Gasteiger partial charge is 0.0594 e. The maximum absolute atomic E-state index is 9.28. The summed E-state index contributed by atoms with van der Waals surface area (Å²) in [6.07, 6.45) is 7.18. The molecule has 0 rings (SSSR count). The molecule has 0 spiro atoms. The van der Waals surface area contributed by atoms with Gasteiger partial charge in [-0.3, -0.25) is 0 Å². The molecule has 0 aliphatic carbocycles. The van der Waals surface area contributed by atoms with Gasteiger partial charge in [0.05, 0.1) is 5.60 Å². The monoisotopic (exact) mass is 142 g/mol. The largest absolute Gasteiger partial charge is 0.390 e. The maximum atomic E-state index is 9.28. The summed E-state index contributed by atoms with van der Waals surface area (Å²) in [6, 6.07) is 0. The molecule has 0 radical (unpaired) electrons. The number of rotatable bonds is 4. The van der Waals surface area contributed by atoms with Gasteiger partial charge < -0.3 is 5.11 Å². The van der Waals surface area contributed by atoms with Crippen molar-refractivity contribution >= 4 is 0 Å². The summed E-state index contributed by atoms with van der Waals surface area (Å²) in [7, 11) is 0. The summed E-state index contributed by atoms with van der Waals surface area (Å²) >= 11 is 0. The molecule has 0 saturated heterocycles. The van der Waals surface area contributed by atoms with E-state index in [9.17, 15) is 5.11 Å². The minimum absolute atomic E-state index is 0.502. The van der Waals surface area contributed by atoms with Crippen LogP contribution in [0.5, 0.6) is 0 Å². The van der Waals surface area contributed by atoms with Crippen molar-refractivity contribution in [1.29, 1.82) is 0 Å².